The van der Waals surface area contributed by atoms with Crippen LogP contribution in [-0.4, -0.2) is 15.0 Å². The highest BCUT2D eigenvalue weighted by Crippen LogP contribution is 2.28. The van der Waals surface area contributed by atoms with Gasteiger partial charge in [0.15, 0.2) is 0 Å². The maximum atomic E-state index is 12.7. The molecule has 0 saturated carbocycles. The minimum absolute atomic E-state index is 0.162. The molecule has 0 aliphatic carbocycles. The van der Waals surface area contributed by atoms with Crippen molar-refractivity contribution in [2.45, 2.75) is 32.6 Å². The first-order chi connectivity index (χ1) is 10.3. The summed E-state index contributed by atoms with van der Waals surface area (Å²) in [5, 5.41) is 0. The Bertz CT molecular complexity index is 782. The third-order valence-electron chi connectivity index (χ3n) is 3.33. The normalized spacial score (nSPS) is 11.3. The molecule has 0 aromatic heterocycles. The molecular weight excluding hydrogens is 298 g/mol. The lowest BCUT2D eigenvalue weighted by Gasteiger charge is -2.15. The van der Waals surface area contributed by atoms with Crippen molar-refractivity contribution in [2.75, 3.05) is 11.3 Å². The Morgan fingerprint density at radius 1 is 1.00 bits per heavy atom. The van der Waals surface area contributed by atoms with Crippen molar-refractivity contribution in [3.63, 3.8) is 0 Å². The van der Waals surface area contributed by atoms with Gasteiger partial charge in [-0.05, 0) is 62.6 Å². The van der Waals surface area contributed by atoms with Crippen LogP contribution in [0.5, 0.6) is 5.75 Å². The van der Waals surface area contributed by atoms with Crippen LogP contribution < -0.4 is 9.46 Å². The summed E-state index contributed by atoms with van der Waals surface area (Å²) >= 11 is 0. The lowest BCUT2D eigenvalue weighted by atomic mass is 10.1. The predicted molar refractivity (Wildman–Crippen MR) is 89.1 cm³/mol. The van der Waals surface area contributed by atoms with E-state index in [1.807, 2.05) is 52.0 Å². The molecule has 2 rings (SSSR count). The van der Waals surface area contributed by atoms with Crippen LogP contribution in [0.4, 0.5) is 5.69 Å². The van der Waals surface area contributed by atoms with Gasteiger partial charge in [-0.1, -0.05) is 18.2 Å². The predicted octanol–water partition coefficient (Wildman–Crippen LogP) is 3.81. The van der Waals surface area contributed by atoms with Crippen molar-refractivity contribution >= 4 is 15.7 Å². The Hall–Kier alpha value is -2.01. The first-order valence-corrected chi connectivity index (χ1v) is 8.65. The molecule has 2 aromatic rings. The number of nitrogens with one attached hydrogen (secondary N) is 1. The van der Waals surface area contributed by atoms with Crippen LogP contribution >= 0.6 is 0 Å². The molecule has 0 amide bonds. The van der Waals surface area contributed by atoms with Crippen molar-refractivity contribution in [2.24, 2.45) is 0 Å². The molecule has 0 spiro atoms. The van der Waals surface area contributed by atoms with Gasteiger partial charge in [0.1, 0.15) is 10.6 Å². The number of hydrogen-bond donors (Lipinski definition) is 1. The first kappa shape index (κ1) is 16.4. The molecule has 0 atom stereocenters. The standard InChI is InChI=1S/C17H21NO3S/c1-5-21-16-9-7-13(3)11-17(16)22(19,20)18-15-10-12(2)6-8-14(15)4/h6-11,18H,5H2,1-4H3. The molecule has 0 aliphatic rings. The fourth-order valence-electron chi connectivity index (χ4n) is 2.15. The van der Waals surface area contributed by atoms with Crippen LogP contribution in [0.15, 0.2) is 41.3 Å². The topological polar surface area (TPSA) is 55.4 Å². The number of benzene rings is 2. The van der Waals surface area contributed by atoms with Gasteiger partial charge in [-0.25, -0.2) is 8.42 Å². The van der Waals surface area contributed by atoms with Gasteiger partial charge in [-0.2, -0.15) is 0 Å². The Morgan fingerprint density at radius 2 is 1.64 bits per heavy atom. The van der Waals surface area contributed by atoms with Gasteiger partial charge < -0.3 is 4.74 Å². The van der Waals surface area contributed by atoms with Gasteiger partial charge in [0, 0.05) is 0 Å². The zero-order chi connectivity index (χ0) is 16.3. The van der Waals surface area contributed by atoms with Crippen molar-refractivity contribution in [3.8, 4) is 5.75 Å². The van der Waals surface area contributed by atoms with Gasteiger partial charge >= 0.3 is 0 Å². The molecular formula is C17H21NO3S. The minimum Gasteiger partial charge on any atom is -0.492 e. The van der Waals surface area contributed by atoms with Crippen LogP contribution in [-0.2, 0) is 10.0 Å². The number of sulfonamides is 1. The fourth-order valence-corrected chi connectivity index (χ4v) is 3.50. The fraction of sp³-hybridized carbons (Fsp3) is 0.294. The van der Waals surface area contributed by atoms with Gasteiger partial charge in [0.25, 0.3) is 10.0 Å². The van der Waals surface area contributed by atoms with E-state index in [1.165, 1.54) is 0 Å². The maximum absolute atomic E-state index is 12.7. The van der Waals surface area contributed by atoms with Crippen LogP contribution in [0.3, 0.4) is 0 Å². The van der Waals surface area contributed by atoms with E-state index < -0.39 is 10.0 Å². The second-order valence-electron chi connectivity index (χ2n) is 5.31. The monoisotopic (exact) mass is 319 g/mol. The third kappa shape index (κ3) is 3.60. The van der Waals surface area contributed by atoms with Crippen molar-refractivity contribution < 1.29 is 13.2 Å². The molecule has 0 bridgehead atoms. The number of hydrogen-bond acceptors (Lipinski definition) is 3. The molecule has 4 nitrogen and oxygen atoms in total. The lowest BCUT2D eigenvalue weighted by Crippen LogP contribution is -2.15. The number of ether oxygens (including phenoxy) is 1. The average Bonchev–Trinajstić information content (AvgIpc) is 2.45. The van der Waals surface area contributed by atoms with Crippen LogP contribution in [0, 0.1) is 20.8 Å². The van der Waals surface area contributed by atoms with E-state index in [4.69, 9.17) is 4.74 Å². The molecule has 5 heteroatoms. The van der Waals surface area contributed by atoms with E-state index in [1.54, 1.807) is 12.1 Å². The second-order valence-corrected chi connectivity index (χ2v) is 6.96. The largest absolute Gasteiger partial charge is 0.492 e. The minimum atomic E-state index is -3.70. The zero-order valence-electron chi connectivity index (χ0n) is 13.3. The number of anilines is 1. The van der Waals surface area contributed by atoms with E-state index in [0.717, 1.165) is 16.7 Å². The number of rotatable bonds is 5. The summed E-state index contributed by atoms with van der Waals surface area (Å²) in [6, 6.07) is 10.8. The van der Waals surface area contributed by atoms with Gasteiger partial charge in [0.05, 0.1) is 12.3 Å². The average molecular weight is 319 g/mol. The van der Waals surface area contributed by atoms with E-state index in [0.29, 0.717) is 18.0 Å². The van der Waals surface area contributed by atoms with Crippen LogP contribution in [0.1, 0.15) is 23.6 Å². The summed E-state index contributed by atoms with van der Waals surface area (Å²) in [5.41, 5.74) is 3.33. The second kappa shape index (κ2) is 6.40. The highest BCUT2D eigenvalue weighted by Gasteiger charge is 2.20. The van der Waals surface area contributed by atoms with Crippen LogP contribution in [0.25, 0.3) is 0 Å². The first-order valence-electron chi connectivity index (χ1n) is 7.17. The summed E-state index contributed by atoms with van der Waals surface area (Å²) in [4.78, 5) is 0.162. The maximum Gasteiger partial charge on any atom is 0.265 e. The van der Waals surface area contributed by atoms with E-state index in [-0.39, 0.29) is 4.90 Å². The molecule has 2 aromatic carbocycles. The molecule has 0 saturated heterocycles. The quantitative estimate of drug-likeness (QED) is 0.911. The highest BCUT2D eigenvalue weighted by molar-refractivity contribution is 7.92. The molecule has 0 aliphatic heterocycles. The molecule has 1 N–H and O–H groups in total. The summed E-state index contributed by atoms with van der Waals surface area (Å²) in [7, 11) is -3.70. The van der Waals surface area contributed by atoms with Gasteiger partial charge in [0.2, 0.25) is 0 Å². The molecule has 0 radical (unpaired) electrons. The molecule has 0 fully saturated rings. The van der Waals surface area contributed by atoms with E-state index >= 15 is 0 Å². The molecule has 22 heavy (non-hydrogen) atoms. The smallest absolute Gasteiger partial charge is 0.265 e. The molecule has 0 heterocycles. The van der Waals surface area contributed by atoms with Crippen molar-refractivity contribution in [1.82, 2.24) is 0 Å². The highest BCUT2D eigenvalue weighted by atomic mass is 32.2. The summed E-state index contributed by atoms with van der Waals surface area (Å²) in [5.74, 6) is 0.367. The van der Waals surface area contributed by atoms with E-state index in [9.17, 15) is 8.42 Å². The Kier molecular flexibility index (Phi) is 4.76. The Labute approximate surface area is 132 Å². The zero-order valence-corrected chi connectivity index (χ0v) is 14.1. The molecule has 118 valence electrons. The lowest BCUT2D eigenvalue weighted by molar-refractivity contribution is 0.331. The Morgan fingerprint density at radius 3 is 2.32 bits per heavy atom. The third-order valence-corrected chi connectivity index (χ3v) is 4.71. The van der Waals surface area contributed by atoms with Crippen LogP contribution in [0.2, 0.25) is 0 Å². The summed E-state index contributed by atoms with van der Waals surface area (Å²) in [6.07, 6.45) is 0. The number of aryl methyl sites for hydroxylation is 3. The van der Waals surface area contributed by atoms with E-state index in [2.05, 4.69) is 4.72 Å². The van der Waals surface area contributed by atoms with Gasteiger partial charge in [-0.15, -0.1) is 0 Å². The summed E-state index contributed by atoms with van der Waals surface area (Å²) in [6.45, 7) is 7.89. The van der Waals surface area contributed by atoms with Gasteiger partial charge in [-0.3, -0.25) is 4.72 Å². The SMILES string of the molecule is CCOc1ccc(C)cc1S(=O)(=O)Nc1cc(C)ccc1C. The molecule has 0 unspecified atom stereocenters. The summed E-state index contributed by atoms with van der Waals surface area (Å²) < 4.78 is 33.6. The van der Waals surface area contributed by atoms with Crippen molar-refractivity contribution in [1.29, 1.82) is 0 Å². The Balaban J connectivity index is 2.46. The van der Waals surface area contributed by atoms with Crippen molar-refractivity contribution in [3.05, 3.63) is 53.1 Å².